The van der Waals surface area contributed by atoms with Crippen molar-refractivity contribution in [2.75, 3.05) is 6.54 Å². The number of pyridine rings is 1. The zero-order valence-electron chi connectivity index (χ0n) is 10.2. The number of H-pyrrole nitrogens is 1. The minimum absolute atomic E-state index is 0.0101. The number of nitrogens with zero attached hydrogens (tertiary/aromatic N) is 2. The van der Waals surface area contributed by atoms with Crippen molar-refractivity contribution in [1.29, 1.82) is 0 Å². The lowest BCUT2D eigenvalue weighted by atomic mass is 10.3. The van der Waals surface area contributed by atoms with Crippen LogP contribution >= 0.6 is 0 Å². The van der Waals surface area contributed by atoms with E-state index < -0.39 is 10.0 Å². The summed E-state index contributed by atoms with van der Waals surface area (Å²) in [6, 6.07) is 3.09. The minimum atomic E-state index is -3.58. The Kier molecular flexibility index (Phi) is 4.25. The molecule has 4 N–H and O–H groups in total. The Morgan fingerprint density at radius 3 is 2.74 bits per heavy atom. The average Bonchev–Trinajstić information content (AvgIpc) is 2.92. The van der Waals surface area contributed by atoms with Gasteiger partial charge in [-0.05, 0) is 11.6 Å². The molecular weight excluding hydrogens is 266 g/mol. The van der Waals surface area contributed by atoms with Crippen LogP contribution in [0.15, 0.2) is 35.7 Å². The van der Waals surface area contributed by atoms with Crippen molar-refractivity contribution in [3.05, 3.63) is 42.1 Å². The molecule has 0 spiro atoms. The smallest absolute Gasteiger partial charge is 0.258 e. The van der Waals surface area contributed by atoms with E-state index in [1.165, 1.54) is 12.3 Å². The number of aromatic amines is 1. The van der Waals surface area contributed by atoms with Crippen molar-refractivity contribution in [2.24, 2.45) is 5.73 Å². The van der Waals surface area contributed by atoms with Crippen LogP contribution in [0.25, 0.3) is 0 Å². The van der Waals surface area contributed by atoms with Gasteiger partial charge in [0, 0.05) is 38.1 Å². The molecular formula is C11H15N5O2S. The molecule has 0 aliphatic heterocycles. The largest absolute Gasteiger partial charge is 0.349 e. The van der Waals surface area contributed by atoms with Crippen LogP contribution < -0.4 is 10.5 Å². The Morgan fingerprint density at radius 1 is 1.32 bits per heavy atom. The summed E-state index contributed by atoms with van der Waals surface area (Å²) >= 11 is 0. The molecule has 0 saturated carbocycles. The van der Waals surface area contributed by atoms with Gasteiger partial charge in [-0.25, -0.2) is 23.1 Å². The topological polar surface area (TPSA) is 114 Å². The van der Waals surface area contributed by atoms with E-state index >= 15 is 0 Å². The van der Waals surface area contributed by atoms with E-state index in [0.29, 0.717) is 13.0 Å². The predicted molar refractivity (Wildman–Crippen MR) is 69.6 cm³/mol. The van der Waals surface area contributed by atoms with Crippen LogP contribution in [0.4, 0.5) is 0 Å². The van der Waals surface area contributed by atoms with E-state index in [-0.39, 0.29) is 11.6 Å². The minimum Gasteiger partial charge on any atom is -0.349 e. The molecule has 0 saturated heterocycles. The summed E-state index contributed by atoms with van der Waals surface area (Å²) in [6.07, 6.45) is 5.27. The lowest BCUT2D eigenvalue weighted by molar-refractivity contribution is 0.577. The summed E-state index contributed by atoms with van der Waals surface area (Å²) in [5, 5.41) is -0.0101. The number of nitrogens with one attached hydrogen (secondary N) is 2. The molecule has 0 aliphatic rings. The molecule has 2 aromatic rings. The molecule has 0 unspecified atom stereocenters. The highest BCUT2D eigenvalue weighted by Crippen LogP contribution is 2.06. The van der Waals surface area contributed by atoms with Gasteiger partial charge in [-0.15, -0.1) is 0 Å². The van der Waals surface area contributed by atoms with Crippen molar-refractivity contribution >= 4 is 10.0 Å². The Bertz CT molecular complexity index is 607. The molecule has 0 aromatic carbocycles. The summed E-state index contributed by atoms with van der Waals surface area (Å²) in [6.45, 7) is 0.593. The summed E-state index contributed by atoms with van der Waals surface area (Å²) in [4.78, 5) is 10.8. The number of hydrogen-bond acceptors (Lipinski definition) is 5. The van der Waals surface area contributed by atoms with Crippen LogP contribution in [0.3, 0.4) is 0 Å². The standard InChI is InChI=1S/C11H15N5O2S/c12-7-9-1-2-11(15-8-9)19(17,18)16-4-3-10-13-5-6-14-10/h1-2,5-6,8,16H,3-4,7,12H2,(H,13,14). The molecule has 2 rings (SSSR count). The lowest BCUT2D eigenvalue weighted by Crippen LogP contribution is -2.27. The highest BCUT2D eigenvalue weighted by Gasteiger charge is 2.14. The van der Waals surface area contributed by atoms with E-state index in [0.717, 1.165) is 11.4 Å². The third-order valence-corrected chi connectivity index (χ3v) is 3.89. The molecule has 2 aromatic heterocycles. The molecule has 102 valence electrons. The second-order valence-corrected chi connectivity index (χ2v) is 5.61. The molecule has 8 heteroatoms. The van der Waals surface area contributed by atoms with Crippen molar-refractivity contribution in [2.45, 2.75) is 18.0 Å². The number of imidazole rings is 1. The third kappa shape index (κ3) is 3.60. The zero-order valence-corrected chi connectivity index (χ0v) is 11.0. The highest BCUT2D eigenvalue weighted by molar-refractivity contribution is 7.89. The van der Waals surface area contributed by atoms with E-state index in [2.05, 4.69) is 19.7 Å². The molecule has 2 heterocycles. The van der Waals surface area contributed by atoms with Crippen molar-refractivity contribution < 1.29 is 8.42 Å². The van der Waals surface area contributed by atoms with Crippen LogP contribution in [0.1, 0.15) is 11.4 Å². The first-order chi connectivity index (χ1) is 9.12. The first-order valence-corrected chi connectivity index (χ1v) is 7.23. The SMILES string of the molecule is NCc1ccc(S(=O)(=O)NCCc2ncc[nH]2)nc1. The van der Waals surface area contributed by atoms with Gasteiger partial charge in [0.2, 0.25) is 0 Å². The van der Waals surface area contributed by atoms with E-state index in [1.54, 1.807) is 18.5 Å². The van der Waals surface area contributed by atoms with Gasteiger partial charge in [-0.1, -0.05) is 6.07 Å². The fourth-order valence-electron chi connectivity index (χ4n) is 1.50. The molecule has 0 aliphatic carbocycles. The van der Waals surface area contributed by atoms with Crippen LogP contribution in [0.2, 0.25) is 0 Å². The number of rotatable bonds is 6. The quantitative estimate of drug-likeness (QED) is 0.677. The Labute approximate surface area is 111 Å². The zero-order chi connectivity index (χ0) is 13.7. The molecule has 0 amide bonds. The molecule has 0 bridgehead atoms. The Morgan fingerprint density at radius 2 is 2.16 bits per heavy atom. The van der Waals surface area contributed by atoms with E-state index in [1.807, 2.05) is 0 Å². The van der Waals surface area contributed by atoms with Gasteiger partial charge < -0.3 is 10.7 Å². The van der Waals surface area contributed by atoms with E-state index in [9.17, 15) is 8.42 Å². The molecule has 0 fully saturated rings. The second kappa shape index (κ2) is 5.91. The first-order valence-electron chi connectivity index (χ1n) is 5.75. The number of nitrogens with two attached hydrogens (primary N) is 1. The molecule has 0 atom stereocenters. The van der Waals surface area contributed by atoms with Crippen molar-refractivity contribution in [3.8, 4) is 0 Å². The van der Waals surface area contributed by atoms with Crippen molar-refractivity contribution in [3.63, 3.8) is 0 Å². The first kappa shape index (κ1) is 13.7. The van der Waals surface area contributed by atoms with Gasteiger partial charge in [0.15, 0.2) is 5.03 Å². The average molecular weight is 281 g/mol. The maximum Gasteiger partial charge on any atom is 0.258 e. The van der Waals surface area contributed by atoms with Gasteiger partial charge in [0.1, 0.15) is 5.82 Å². The lowest BCUT2D eigenvalue weighted by Gasteiger charge is -2.05. The van der Waals surface area contributed by atoms with E-state index in [4.69, 9.17) is 5.73 Å². The Hall–Kier alpha value is -1.77. The monoisotopic (exact) mass is 281 g/mol. The summed E-state index contributed by atoms with van der Waals surface area (Å²) in [5.74, 6) is 0.731. The highest BCUT2D eigenvalue weighted by atomic mass is 32.2. The number of sulfonamides is 1. The Balaban J connectivity index is 1.97. The number of aromatic nitrogens is 3. The van der Waals surface area contributed by atoms with Gasteiger partial charge >= 0.3 is 0 Å². The van der Waals surface area contributed by atoms with Gasteiger partial charge in [0.25, 0.3) is 10.0 Å². The van der Waals surface area contributed by atoms with Gasteiger partial charge in [-0.2, -0.15) is 0 Å². The number of hydrogen-bond donors (Lipinski definition) is 3. The maximum absolute atomic E-state index is 11.9. The van der Waals surface area contributed by atoms with Crippen molar-refractivity contribution in [1.82, 2.24) is 19.7 Å². The summed E-state index contributed by atoms with van der Waals surface area (Å²) < 4.78 is 26.3. The van der Waals surface area contributed by atoms with Crippen LogP contribution in [-0.2, 0) is 23.0 Å². The molecule has 19 heavy (non-hydrogen) atoms. The predicted octanol–water partition coefficient (Wildman–Crippen LogP) is -0.216. The molecule has 0 radical (unpaired) electrons. The van der Waals surface area contributed by atoms with Gasteiger partial charge in [-0.3, -0.25) is 0 Å². The maximum atomic E-state index is 11.9. The normalized spacial score (nSPS) is 11.6. The second-order valence-electron chi connectivity index (χ2n) is 3.89. The van der Waals surface area contributed by atoms with Gasteiger partial charge in [0.05, 0.1) is 0 Å². The fraction of sp³-hybridized carbons (Fsp3) is 0.273. The van der Waals surface area contributed by atoms with Crippen LogP contribution in [0, 0.1) is 0 Å². The van der Waals surface area contributed by atoms with Crippen LogP contribution in [-0.4, -0.2) is 29.9 Å². The summed E-state index contributed by atoms with van der Waals surface area (Å²) in [5.41, 5.74) is 6.21. The third-order valence-electron chi connectivity index (χ3n) is 2.52. The molecule has 7 nitrogen and oxygen atoms in total. The van der Waals surface area contributed by atoms with Crippen LogP contribution in [0.5, 0.6) is 0 Å². The summed E-state index contributed by atoms with van der Waals surface area (Å²) in [7, 11) is -3.58. The fourth-order valence-corrected chi connectivity index (χ4v) is 2.46.